The highest BCUT2D eigenvalue weighted by Crippen LogP contribution is 2.40. The molecule has 0 aromatic heterocycles. The lowest BCUT2D eigenvalue weighted by Gasteiger charge is -2.14. The molecule has 0 atom stereocenters. The highest BCUT2D eigenvalue weighted by Gasteiger charge is 2.17. The van der Waals surface area contributed by atoms with Gasteiger partial charge in [0.25, 0.3) is 0 Å². The van der Waals surface area contributed by atoms with Gasteiger partial charge in [0.2, 0.25) is 6.79 Å². The number of hydrogen-bond acceptors (Lipinski definition) is 4. The van der Waals surface area contributed by atoms with Crippen molar-refractivity contribution in [3.05, 3.63) is 108 Å². The molecule has 0 saturated heterocycles. The lowest BCUT2D eigenvalue weighted by molar-refractivity contribution is 0.174. The fraction of sp³-hybridized carbons (Fsp3) is 0.107. The van der Waals surface area contributed by atoms with Crippen LogP contribution in [0.3, 0.4) is 0 Å². The molecule has 4 nitrogen and oxygen atoms in total. The summed E-state index contributed by atoms with van der Waals surface area (Å²) in [7, 11) is 0. The third kappa shape index (κ3) is 3.83. The van der Waals surface area contributed by atoms with E-state index in [9.17, 15) is 0 Å². The first-order valence-corrected chi connectivity index (χ1v) is 10.6. The van der Waals surface area contributed by atoms with Gasteiger partial charge in [-0.2, -0.15) is 0 Å². The Morgan fingerprint density at radius 1 is 0.844 bits per heavy atom. The van der Waals surface area contributed by atoms with Crippen molar-refractivity contribution in [3.8, 4) is 11.5 Å². The standard InChI is InChI=1S/C28H23NO3/c1-3-30-19(2)24-14-22-16-26-27(32-18-31-26)17-23(22)15-25(24)29-28(20-10-6-4-7-11-20)21-12-8-5-9-13-21/h4-17H,2-3,18H2,1H3. The Labute approximate surface area is 187 Å². The second kappa shape index (κ2) is 8.60. The molecule has 0 amide bonds. The molecular weight excluding hydrogens is 398 g/mol. The maximum atomic E-state index is 5.78. The van der Waals surface area contributed by atoms with Gasteiger partial charge in [-0.15, -0.1) is 0 Å². The highest BCUT2D eigenvalue weighted by atomic mass is 16.7. The number of hydrogen-bond donors (Lipinski definition) is 0. The van der Waals surface area contributed by atoms with E-state index in [2.05, 4.69) is 43.0 Å². The topological polar surface area (TPSA) is 40.0 Å². The third-order valence-corrected chi connectivity index (χ3v) is 5.39. The number of aliphatic imine (C=N–C) groups is 1. The van der Waals surface area contributed by atoms with Crippen LogP contribution < -0.4 is 9.47 Å². The molecule has 1 aliphatic rings. The van der Waals surface area contributed by atoms with Gasteiger partial charge in [0.05, 0.1) is 18.0 Å². The molecule has 0 bridgehead atoms. The Hall–Kier alpha value is -4.05. The van der Waals surface area contributed by atoms with E-state index in [0.29, 0.717) is 12.4 Å². The number of rotatable bonds is 6. The molecule has 0 radical (unpaired) electrons. The van der Waals surface area contributed by atoms with Crippen LogP contribution in [0, 0.1) is 0 Å². The SMILES string of the molecule is C=C(OCC)c1cc2cc3c(cc2cc1N=C(c1ccccc1)c1ccccc1)OCO3. The highest BCUT2D eigenvalue weighted by molar-refractivity contribution is 6.14. The number of nitrogens with zero attached hydrogens (tertiary/aromatic N) is 1. The van der Waals surface area contributed by atoms with Crippen LogP contribution in [0.5, 0.6) is 11.5 Å². The number of ether oxygens (including phenoxy) is 3. The Morgan fingerprint density at radius 3 is 1.97 bits per heavy atom. The van der Waals surface area contributed by atoms with Gasteiger partial charge in [0, 0.05) is 16.7 Å². The van der Waals surface area contributed by atoms with Crippen molar-refractivity contribution < 1.29 is 14.2 Å². The summed E-state index contributed by atoms with van der Waals surface area (Å²) in [5.74, 6) is 2.08. The molecule has 5 rings (SSSR count). The molecule has 0 saturated carbocycles. The average molecular weight is 421 g/mol. The fourth-order valence-corrected chi connectivity index (χ4v) is 3.85. The normalized spacial score (nSPS) is 11.9. The first-order chi connectivity index (χ1) is 15.7. The first kappa shape index (κ1) is 19.9. The van der Waals surface area contributed by atoms with Crippen LogP contribution in [0.1, 0.15) is 23.6 Å². The second-order valence-corrected chi connectivity index (χ2v) is 7.47. The van der Waals surface area contributed by atoms with Crippen LogP contribution in [-0.2, 0) is 4.74 Å². The van der Waals surface area contributed by atoms with E-state index in [0.717, 1.165) is 50.4 Å². The lowest BCUT2D eigenvalue weighted by atomic mass is 10.0. The van der Waals surface area contributed by atoms with Crippen molar-refractivity contribution >= 4 is 27.9 Å². The molecule has 0 aliphatic carbocycles. The van der Waals surface area contributed by atoms with Crippen LogP contribution >= 0.6 is 0 Å². The predicted molar refractivity (Wildman–Crippen MR) is 129 cm³/mol. The summed E-state index contributed by atoms with van der Waals surface area (Å²) in [5.41, 5.74) is 4.60. The third-order valence-electron chi connectivity index (χ3n) is 5.39. The predicted octanol–water partition coefficient (Wildman–Crippen LogP) is 6.74. The summed E-state index contributed by atoms with van der Waals surface area (Å²) in [6.07, 6.45) is 0. The summed E-state index contributed by atoms with van der Waals surface area (Å²) < 4.78 is 16.9. The molecule has 4 heteroatoms. The van der Waals surface area contributed by atoms with Crippen LogP contribution in [0.25, 0.3) is 16.5 Å². The van der Waals surface area contributed by atoms with Crippen molar-refractivity contribution in [3.63, 3.8) is 0 Å². The van der Waals surface area contributed by atoms with Crippen molar-refractivity contribution in [2.24, 2.45) is 4.99 Å². The molecule has 158 valence electrons. The Morgan fingerprint density at radius 2 is 1.41 bits per heavy atom. The zero-order valence-corrected chi connectivity index (χ0v) is 17.9. The van der Waals surface area contributed by atoms with Crippen LogP contribution in [0.2, 0.25) is 0 Å². The molecule has 1 aliphatic heterocycles. The average Bonchev–Trinajstić information content (AvgIpc) is 3.29. The fourth-order valence-electron chi connectivity index (χ4n) is 3.85. The largest absolute Gasteiger partial charge is 0.494 e. The van der Waals surface area contributed by atoms with E-state index in [1.165, 1.54) is 0 Å². The van der Waals surface area contributed by atoms with E-state index >= 15 is 0 Å². The summed E-state index contributed by atoms with van der Waals surface area (Å²) in [6, 6.07) is 28.5. The summed E-state index contributed by atoms with van der Waals surface area (Å²) >= 11 is 0. The number of benzene rings is 4. The minimum absolute atomic E-state index is 0.237. The molecule has 0 spiro atoms. The zero-order chi connectivity index (χ0) is 21.9. The Kier molecular flexibility index (Phi) is 5.34. The monoisotopic (exact) mass is 421 g/mol. The van der Waals surface area contributed by atoms with Crippen LogP contribution in [-0.4, -0.2) is 19.1 Å². The van der Waals surface area contributed by atoms with Crippen molar-refractivity contribution in [2.45, 2.75) is 6.92 Å². The quantitative estimate of drug-likeness (QED) is 0.255. The van der Waals surface area contributed by atoms with Gasteiger partial charge in [0.1, 0.15) is 5.76 Å². The van der Waals surface area contributed by atoms with Gasteiger partial charge in [-0.25, -0.2) is 4.99 Å². The van der Waals surface area contributed by atoms with E-state index in [1.807, 2.05) is 55.5 Å². The van der Waals surface area contributed by atoms with E-state index in [-0.39, 0.29) is 6.79 Å². The van der Waals surface area contributed by atoms with Gasteiger partial charge in [-0.1, -0.05) is 67.2 Å². The van der Waals surface area contributed by atoms with Gasteiger partial charge < -0.3 is 14.2 Å². The van der Waals surface area contributed by atoms with Crippen molar-refractivity contribution in [2.75, 3.05) is 13.4 Å². The smallest absolute Gasteiger partial charge is 0.231 e. The van der Waals surface area contributed by atoms with Crippen LogP contribution in [0.15, 0.2) is 96.5 Å². The number of fused-ring (bicyclic) bond motifs is 2. The lowest BCUT2D eigenvalue weighted by Crippen LogP contribution is -2.03. The van der Waals surface area contributed by atoms with Crippen molar-refractivity contribution in [1.82, 2.24) is 0 Å². The molecule has 4 aromatic carbocycles. The maximum Gasteiger partial charge on any atom is 0.231 e. The minimum atomic E-state index is 0.237. The molecule has 4 aromatic rings. The van der Waals surface area contributed by atoms with E-state index in [1.54, 1.807) is 0 Å². The van der Waals surface area contributed by atoms with Crippen LogP contribution in [0.4, 0.5) is 5.69 Å². The zero-order valence-electron chi connectivity index (χ0n) is 17.9. The molecule has 1 heterocycles. The van der Waals surface area contributed by atoms with Gasteiger partial charge in [-0.05, 0) is 42.0 Å². The summed E-state index contributed by atoms with van der Waals surface area (Å²) in [5, 5.41) is 2.03. The molecular formula is C28H23NO3. The summed E-state index contributed by atoms with van der Waals surface area (Å²) in [6.45, 7) is 6.88. The molecule has 32 heavy (non-hydrogen) atoms. The molecule has 0 unspecified atom stereocenters. The molecule has 0 fully saturated rings. The van der Waals surface area contributed by atoms with Gasteiger partial charge in [0.15, 0.2) is 11.5 Å². The first-order valence-electron chi connectivity index (χ1n) is 10.6. The maximum absolute atomic E-state index is 5.78. The molecule has 0 N–H and O–H groups in total. The van der Waals surface area contributed by atoms with E-state index < -0.39 is 0 Å². The van der Waals surface area contributed by atoms with E-state index in [4.69, 9.17) is 19.2 Å². The Balaban J connectivity index is 1.74. The Bertz CT molecular complexity index is 1270. The minimum Gasteiger partial charge on any atom is -0.494 e. The van der Waals surface area contributed by atoms with Crippen molar-refractivity contribution in [1.29, 1.82) is 0 Å². The second-order valence-electron chi connectivity index (χ2n) is 7.47. The van der Waals surface area contributed by atoms with Gasteiger partial charge >= 0.3 is 0 Å². The van der Waals surface area contributed by atoms with Gasteiger partial charge in [-0.3, -0.25) is 0 Å². The summed E-state index contributed by atoms with van der Waals surface area (Å²) in [4.78, 5) is 5.15.